The van der Waals surface area contributed by atoms with Gasteiger partial charge in [0, 0.05) is 5.69 Å². The number of aryl methyl sites for hydroxylation is 1. The van der Waals surface area contributed by atoms with Crippen LogP contribution in [0.4, 0.5) is 8.78 Å². The van der Waals surface area contributed by atoms with Gasteiger partial charge in [-0.3, -0.25) is 0 Å². The Hall–Kier alpha value is -2.00. The summed E-state index contributed by atoms with van der Waals surface area (Å²) in [6.07, 6.45) is -2.67. The molecule has 0 aliphatic rings. The Balaban J connectivity index is 2.62. The van der Waals surface area contributed by atoms with Gasteiger partial charge in [0.2, 0.25) is 0 Å². The van der Waals surface area contributed by atoms with Gasteiger partial charge < -0.3 is 0 Å². The summed E-state index contributed by atoms with van der Waals surface area (Å²) in [5.74, 6) is 0.148. The van der Waals surface area contributed by atoms with E-state index in [1.165, 1.54) is 22.9 Å². The number of alkyl halides is 2. The Morgan fingerprint density at radius 2 is 2.17 bits per heavy atom. The molecule has 0 amide bonds. The van der Waals surface area contributed by atoms with Crippen LogP contribution in [0.5, 0.6) is 0 Å². The first-order valence-corrected chi connectivity index (χ1v) is 5.32. The van der Waals surface area contributed by atoms with Gasteiger partial charge in [-0.2, -0.15) is 10.4 Å². The zero-order valence-electron chi connectivity index (χ0n) is 9.23. The second-order valence-electron chi connectivity index (χ2n) is 3.54. The number of halogens is 3. The summed E-state index contributed by atoms with van der Waals surface area (Å²) in [4.78, 5) is 3.95. The predicted octanol–water partition coefficient (Wildman–Crippen LogP) is 3.04. The van der Waals surface area contributed by atoms with Crippen molar-refractivity contribution in [1.29, 1.82) is 5.26 Å². The van der Waals surface area contributed by atoms with Crippen LogP contribution in [0.25, 0.3) is 5.82 Å². The quantitative estimate of drug-likeness (QED) is 0.787. The fraction of sp³-hybridized carbons (Fsp3) is 0.182. The molecule has 0 saturated heterocycles. The fourth-order valence-electron chi connectivity index (χ4n) is 1.49. The Morgan fingerprint density at radius 3 is 2.72 bits per heavy atom. The van der Waals surface area contributed by atoms with Gasteiger partial charge in [0.1, 0.15) is 16.9 Å². The molecule has 7 heteroatoms. The van der Waals surface area contributed by atoms with Gasteiger partial charge in [0.05, 0.1) is 5.56 Å². The summed E-state index contributed by atoms with van der Waals surface area (Å²) >= 11 is 5.74. The minimum Gasteiger partial charge on any atom is -0.218 e. The first kappa shape index (κ1) is 12.5. The van der Waals surface area contributed by atoms with E-state index in [1.807, 2.05) is 6.07 Å². The van der Waals surface area contributed by atoms with Crippen LogP contribution < -0.4 is 0 Å². The van der Waals surface area contributed by atoms with Crippen molar-refractivity contribution in [1.82, 2.24) is 14.8 Å². The van der Waals surface area contributed by atoms with Crippen molar-refractivity contribution in [2.75, 3.05) is 0 Å². The van der Waals surface area contributed by atoms with Gasteiger partial charge in [-0.15, -0.1) is 0 Å². The topological polar surface area (TPSA) is 54.5 Å². The Morgan fingerprint density at radius 1 is 1.44 bits per heavy atom. The number of nitriles is 1. The van der Waals surface area contributed by atoms with E-state index in [4.69, 9.17) is 16.9 Å². The summed E-state index contributed by atoms with van der Waals surface area (Å²) in [5.41, 5.74) is 0.307. The monoisotopic (exact) mass is 268 g/mol. The highest BCUT2D eigenvalue weighted by Gasteiger charge is 2.17. The van der Waals surface area contributed by atoms with Crippen LogP contribution in [-0.2, 0) is 0 Å². The lowest BCUT2D eigenvalue weighted by Gasteiger charge is -2.05. The van der Waals surface area contributed by atoms with E-state index in [-0.39, 0.29) is 22.2 Å². The lowest BCUT2D eigenvalue weighted by Crippen LogP contribution is -2.05. The van der Waals surface area contributed by atoms with Crippen LogP contribution in [0.1, 0.15) is 23.4 Å². The Labute approximate surface area is 106 Å². The maximum atomic E-state index is 12.6. The predicted molar refractivity (Wildman–Crippen MR) is 60.8 cm³/mol. The third-order valence-electron chi connectivity index (χ3n) is 2.29. The second-order valence-corrected chi connectivity index (χ2v) is 3.93. The molecule has 2 aromatic heterocycles. The molecule has 4 nitrogen and oxygen atoms in total. The number of pyridine rings is 1. The molecule has 92 valence electrons. The number of aromatic nitrogens is 3. The fourth-order valence-corrected chi connectivity index (χ4v) is 1.64. The summed E-state index contributed by atoms with van der Waals surface area (Å²) in [6, 6.07) is 6.08. The third kappa shape index (κ3) is 2.17. The molecule has 0 unspecified atom stereocenters. The molecule has 0 atom stereocenters. The molecule has 0 aliphatic heterocycles. The minimum atomic E-state index is -2.67. The van der Waals surface area contributed by atoms with Crippen molar-refractivity contribution >= 4 is 11.6 Å². The summed E-state index contributed by atoms with van der Waals surface area (Å²) in [5, 5.41) is 12.8. The van der Waals surface area contributed by atoms with Gasteiger partial charge in [0.15, 0.2) is 5.82 Å². The number of rotatable bonds is 2. The van der Waals surface area contributed by atoms with E-state index >= 15 is 0 Å². The number of nitrogens with zero attached hydrogens (tertiary/aromatic N) is 4. The first-order chi connectivity index (χ1) is 8.52. The van der Waals surface area contributed by atoms with Crippen LogP contribution in [0.3, 0.4) is 0 Å². The van der Waals surface area contributed by atoms with Crippen molar-refractivity contribution in [3.63, 3.8) is 0 Å². The molecule has 0 radical (unpaired) electrons. The average Bonchev–Trinajstić information content (AvgIpc) is 2.71. The maximum Gasteiger partial charge on any atom is 0.282 e. The van der Waals surface area contributed by atoms with Crippen LogP contribution in [0.15, 0.2) is 18.2 Å². The molecular formula is C11H7ClF2N4. The molecule has 18 heavy (non-hydrogen) atoms. The average molecular weight is 269 g/mol. The van der Waals surface area contributed by atoms with Crippen molar-refractivity contribution in [3.8, 4) is 11.9 Å². The van der Waals surface area contributed by atoms with E-state index in [1.54, 1.807) is 6.92 Å². The molecule has 2 heterocycles. The van der Waals surface area contributed by atoms with Gasteiger partial charge >= 0.3 is 0 Å². The molecule has 0 fully saturated rings. The zero-order valence-corrected chi connectivity index (χ0v) is 9.99. The van der Waals surface area contributed by atoms with Crippen molar-refractivity contribution in [3.05, 3.63) is 40.3 Å². The molecule has 0 spiro atoms. The molecule has 0 saturated carbocycles. The lowest BCUT2D eigenvalue weighted by molar-refractivity contribution is 0.145. The molecule has 2 rings (SSSR count). The largest absolute Gasteiger partial charge is 0.282 e. The van der Waals surface area contributed by atoms with Crippen LogP contribution in [0.2, 0.25) is 5.15 Å². The van der Waals surface area contributed by atoms with Crippen molar-refractivity contribution in [2.24, 2.45) is 0 Å². The summed E-state index contributed by atoms with van der Waals surface area (Å²) in [6.45, 7) is 1.60. The van der Waals surface area contributed by atoms with Gasteiger partial charge in [0.25, 0.3) is 6.43 Å². The highest BCUT2D eigenvalue weighted by atomic mass is 35.5. The van der Waals surface area contributed by atoms with Crippen molar-refractivity contribution in [2.45, 2.75) is 13.3 Å². The minimum absolute atomic E-state index is 0.148. The zero-order chi connectivity index (χ0) is 13.3. The SMILES string of the molecule is Cc1cc(C(F)F)nn1-c1nc(Cl)ccc1C#N. The van der Waals surface area contributed by atoms with Crippen LogP contribution in [-0.4, -0.2) is 14.8 Å². The number of hydrogen-bond acceptors (Lipinski definition) is 3. The van der Waals surface area contributed by atoms with Crippen molar-refractivity contribution < 1.29 is 8.78 Å². The highest BCUT2D eigenvalue weighted by molar-refractivity contribution is 6.29. The standard InChI is InChI=1S/C11H7ClF2N4/c1-6-4-8(10(13)14)17-18(6)11-7(5-15)2-3-9(12)16-11/h2-4,10H,1H3. The Kier molecular flexibility index (Phi) is 3.26. The summed E-state index contributed by atoms with van der Waals surface area (Å²) < 4.78 is 26.3. The smallest absolute Gasteiger partial charge is 0.218 e. The van der Waals surface area contributed by atoms with Crippen LogP contribution in [0, 0.1) is 18.3 Å². The van der Waals surface area contributed by atoms with Gasteiger partial charge in [-0.25, -0.2) is 18.4 Å². The third-order valence-corrected chi connectivity index (χ3v) is 2.50. The van der Waals surface area contributed by atoms with Gasteiger partial charge in [-0.1, -0.05) is 11.6 Å². The van der Waals surface area contributed by atoms with E-state index in [0.29, 0.717) is 5.69 Å². The van der Waals surface area contributed by atoms with E-state index < -0.39 is 6.43 Å². The van der Waals surface area contributed by atoms with E-state index in [0.717, 1.165) is 0 Å². The van der Waals surface area contributed by atoms with Gasteiger partial charge in [-0.05, 0) is 25.1 Å². The second kappa shape index (κ2) is 4.70. The first-order valence-electron chi connectivity index (χ1n) is 4.94. The number of hydrogen-bond donors (Lipinski definition) is 0. The van der Waals surface area contributed by atoms with E-state index in [9.17, 15) is 8.78 Å². The Bertz CT molecular complexity index is 630. The normalized spacial score (nSPS) is 10.7. The highest BCUT2D eigenvalue weighted by Crippen LogP contribution is 2.22. The molecule has 0 aliphatic carbocycles. The lowest BCUT2D eigenvalue weighted by atomic mass is 10.3. The maximum absolute atomic E-state index is 12.6. The molecular weight excluding hydrogens is 262 g/mol. The molecule has 0 aromatic carbocycles. The summed E-state index contributed by atoms with van der Waals surface area (Å²) in [7, 11) is 0. The van der Waals surface area contributed by atoms with Crippen LogP contribution >= 0.6 is 11.6 Å². The molecule has 2 aromatic rings. The van der Waals surface area contributed by atoms with E-state index in [2.05, 4.69) is 10.1 Å². The molecule has 0 N–H and O–H groups in total. The molecule has 0 bridgehead atoms.